The zero-order valence-corrected chi connectivity index (χ0v) is 15.7. The number of aryl methyl sites for hydroxylation is 1. The molecule has 0 aliphatic rings. The maximum Gasteiger partial charge on any atom is 0.256 e. The minimum absolute atomic E-state index is 0.992. The zero-order valence-electron chi connectivity index (χ0n) is 15.7. The summed E-state index contributed by atoms with van der Waals surface area (Å²) in [7, 11) is 0. The SMILES string of the molecule is CCCCCCc1n(CCCCCC)cc[n+]1Cc1ccccc1. The molecule has 0 saturated carbocycles. The van der Waals surface area contributed by atoms with Gasteiger partial charge in [0.1, 0.15) is 18.9 Å². The van der Waals surface area contributed by atoms with E-state index in [1.165, 1.54) is 75.7 Å². The molecule has 1 aromatic carbocycles. The summed E-state index contributed by atoms with van der Waals surface area (Å²) in [6, 6.07) is 10.8. The van der Waals surface area contributed by atoms with Gasteiger partial charge in [-0.3, -0.25) is 0 Å². The highest BCUT2D eigenvalue weighted by atomic mass is 15.1. The third-order valence-corrected chi connectivity index (χ3v) is 4.79. The number of imidazole rings is 1. The third kappa shape index (κ3) is 6.14. The van der Waals surface area contributed by atoms with Crippen molar-refractivity contribution in [3.05, 3.63) is 54.1 Å². The van der Waals surface area contributed by atoms with Crippen LogP contribution in [0.2, 0.25) is 0 Å². The van der Waals surface area contributed by atoms with E-state index in [9.17, 15) is 0 Å². The highest BCUT2D eigenvalue weighted by molar-refractivity contribution is 5.13. The van der Waals surface area contributed by atoms with Gasteiger partial charge in [0.25, 0.3) is 5.82 Å². The predicted molar refractivity (Wildman–Crippen MR) is 102 cm³/mol. The molecule has 0 saturated heterocycles. The predicted octanol–water partition coefficient (Wildman–Crippen LogP) is 5.53. The Labute approximate surface area is 148 Å². The second-order valence-electron chi connectivity index (χ2n) is 6.89. The highest BCUT2D eigenvalue weighted by Crippen LogP contribution is 2.09. The van der Waals surface area contributed by atoms with Crippen molar-refractivity contribution in [1.82, 2.24) is 4.57 Å². The summed E-state index contributed by atoms with van der Waals surface area (Å²) in [4.78, 5) is 0. The van der Waals surface area contributed by atoms with Gasteiger partial charge in [0.05, 0.1) is 6.54 Å². The minimum atomic E-state index is 0.992. The molecule has 2 heteroatoms. The summed E-state index contributed by atoms with van der Waals surface area (Å²) < 4.78 is 4.96. The molecule has 0 aliphatic carbocycles. The molecule has 0 atom stereocenters. The van der Waals surface area contributed by atoms with Crippen LogP contribution < -0.4 is 4.57 Å². The fourth-order valence-corrected chi connectivity index (χ4v) is 3.33. The summed E-state index contributed by atoms with van der Waals surface area (Å²) in [5, 5.41) is 0. The van der Waals surface area contributed by atoms with Crippen LogP contribution in [0.1, 0.15) is 76.6 Å². The van der Waals surface area contributed by atoms with E-state index in [2.05, 4.69) is 65.7 Å². The lowest BCUT2D eigenvalue weighted by Crippen LogP contribution is -2.37. The van der Waals surface area contributed by atoms with Crippen molar-refractivity contribution in [3.63, 3.8) is 0 Å². The Kier molecular flexibility index (Phi) is 8.65. The van der Waals surface area contributed by atoms with Crippen LogP contribution in [0.15, 0.2) is 42.7 Å². The average Bonchev–Trinajstić information content (AvgIpc) is 2.98. The first kappa shape index (κ1) is 18.8. The van der Waals surface area contributed by atoms with Gasteiger partial charge < -0.3 is 0 Å². The van der Waals surface area contributed by atoms with Gasteiger partial charge in [-0.05, 0) is 24.8 Å². The zero-order chi connectivity index (χ0) is 17.0. The molecule has 2 nitrogen and oxygen atoms in total. The molecule has 1 heterocycles. The summed E-state index contributed by atoms with van der Waals surface area (Å²) in [6.07, 6.45) is 16.4. The lowest BCUT2D eigenvalue weighted by atomic mass is 10.1. The Morgan fingerprint density at radius 1 is 0.833 bits per heavy atom. The van der Waals surface area contributed by atoms with E-state index >= 15 is 0 Å². The van der Waals surface area contributed by atoms with Crippen molar-refractivity contribution in [3.8, 4) is 0 Å². The van der Waals surface area contributed by atoms with Crippen molar-refractivity contribution in [2.24, 2.45) is 0 Å². The van der Waals surface area contributed by atoms with Gasteiger partial charge in [-0.25, -0.2) is 9.13 Å². The van der Waals surface area contributed by atoms with Gasteiger partial charge >= 0.3 is 0 Å². The number of nitrogens with zero attached hydrogens (tertiary/aromatic N) is 2. The van der Waals surface area contributed by atoms with E-state index < -0.39 is 0 Å². The lowest BCUT2D eigenvalue weighted by Gasteiger charge is -2.06. The first-order chi connectivity index (χ1) is 11.8. The molecule has 0 aliphatic heterocycles. The van der Waals surface area contributed by atoms with Gasteiger partial charge in [0.15, 0.2) is 0 Å². The van der Waals surface area contributed by atoms with Gasteiger partial charge in [0, 0.05) is 6.42 Å². The molecule has 132 valence electrons. The number of hydrogen-bond donors (Lipinski definition) is 0. The topological polar surface area (TPSA) is 8.81 Å². The van der Waals surface area contributed by atoms with E-state index in [1.807, 2.05) is 0 Å². The Morgan fingerprint density at radius 2 is 1.54 bits per heavy atom. The van der Waals surface area contributed by atoms with Crippen LogP contribution in [0, 0.1) is 0 Å². The van der Waals surface area contributed by atoms with Crippen molar-refractivity contribution in [2.75, 3.05) is 0 Å². The first-order valence-corrected chi connectivity index (χ1v) is 9.96. The van der Waals surface area contributed by atoms with Gasteiger partial charge in [-0.15, -0.1) is 0 Å². The number of unbranched alkanes of at least 4 members (excludes halogenated alkanes) is 6. The summed E-state index contributed by atoms with van der Waals surface area (Å²) in [6.45, 7) is 6.73. The fourth-order valence-electron chi connectivity index (χ4n) is 3.33. The molecule has 2 rings (SSSR count). The van der Waals surface area contributed by atoms with Crippen molar-refractivity contribution in [2.45, 2.75) is 84.7 Å². The van der Waals surface area contributed by atoms with Crippen molar-refractivity contribution < 1.29 is 4.57 Å². The summed E-state index contributed by atoms with van der Waals surface area (Å²) in [5.41, 5.74) is 1.39. The van der Waals surface area contributed by atoms with Crippen LogP contribution in [0.4, 0.5) is 0 Å². The van der Waals surface area contributed by atoms with Crippen LogP contribution in [0.25, 0.3) is 0 Å². The molecule has 0 amide bonds. The summed E-state index contributed by atoms with van der Waals surface area (Å²) >= 11 is 0. The monoisotopic (exact) mass is 327 g/mol. The Balaban J connectivity index is 2.02. The average molecular weight is 328 g/mol. The Bertz CT molecular complexity index is 557. The standard InChI is InChI=1S/C22H35N2/c1-3-5-7-12-16-22-23(17-13-8-6-4-2)18-19-24(22)20-21-14-10-9-11-15-21/h9-11,14-15,18-19H,3-8,12-13,16-17,20H2,1-2H3/q+1. The first-order valence-electron chi connectivity index (χ1n) is 9.96. The molecule has 1 aromatic heterocycles. The maximum absolute atomic E-state index is 2.50. The molecule has 2 aromatic rings. The molecule has 0 bridgehead atoms. The molecule has 0 unspecified atom stereocenters. The molecular weight excluding hydrogens is 292 g/mol. The van der Waals surface area contributed by atoms with Crippen LogP contribution in [0.3, 0.4) is 0 Å². The van der Waals surface area contributed by atoms with Crippen LogP contribution in [0.5, 0.6) is 0 Å². The van der Waals surface area contributed by atoms with Gasteiger partial charge in [-0.2, -0.15) is 0 Å². The smallest absolute Gasteiger partial charge is 0.234 e. The molecule has 24 heavy (non-hydrogen) atoms. The highest BCUT2D eigenvalue weighted by Gasteiger charge is 2.16. The number of hydrogen-bond acceptors (Lipinski definition) is 0. The van der Waals surface area contributed by atoms with E-state index in [1.54, 1.807) is 0 Å². The molecular formula is C22H35N2+. The van der Waals surface area contributed by atoms with E-state index in [0.29, 0.717) is 0 Å². The molecule has 0 N–H and O–H groups in total. The second kappa shape index (κ2) is 11.1. The number of benzene rings is 1. The summed E-state index contributed by atoms with van der Waals surface area (Å²) in [5.74, 6) is 1.51. The fraction of sp³-hybridized carbons (Fsp3) is 0.591. The number of rotatable bonds is 12. The Morgan fingerprint density at radius 3 is 2.25 bits per heavy atom. The normalized spacial score (nSPS) is 11.1. The van der Waals surface area contributed by atoms with Crippen molar-refractivity contribution in [1.29, 1.82) is 0 Å². The van der Waals surface area contributed by atoms with Gasteiger partial charge in [0.2, 0.25) is 0 Å². The Hall–Kier alpha value is -1.57. The van der Waals surface area contributed by atoms with Crippen LogP contribution in [-0.4, -0.2) is 4.57 Å². The van der Waals surface area contributed by atoms with Crippen LogP contribution in [-0.2, 0) is 19.5 Å². The second-order valence-corrected chi connectivity index (χ2v) is 6.89. The quantitative estimate of drug-likeness (QED) is 0.358. The largest absolute Gasteiger partial charge is 0.256 e. The molecule has 0 fully saturated rings. The van der Waals surface area contributed by atoms with E-state index in [4.69, 9.17) is 0 Å². The van der Waals surface area contributed by atoms with E-state index in [0.717, 1.165) is 6.54 Å². The third-order valence-electron chi connectivity index (χ3n) is 4.79. The maximum atomic E-state index is 2.50. The molecule has 0 spiro atoms. The minimum Gasteiger partial charge on any atom is -0.234 e. The van der Waals surface area contributed by atoms with Crippen molar-refractivity contribution >= 4 is 0 Å². The molecule has 0 radical (unpaired) electrons. The van der Waals surface area contributed by atoms with Crippen LogP contribution >= 0.6 is 0 Å². The van der Waals surface area contributed by atoms with E-state index in [-0.39, 0.29) is 0 Å². The van der Waals surface area contributed by atoms with Gasteiger partial charge in [-0.1, -0.05) is 76.3 Å². The lowest BCUT2D eigenvalue weighted by molar-refractivity contribution is -0.695. The number of aromatic nitrogens is 2.